The van der Waals surface area contributed by atoms with Crippen LogP contribution in [-0.2, 0) is 82.6 Å². The van der Waals surface area contributed by atoms with Gasteiger partial charge in [-0.3, -0.25) is 24.0 Å². The maximum absolute atomic E-state index is 13.9. The molecule has 10 atom stereocenters. The highest BCUT2D eigenvalue weighted by molar-refractivity contribution is 8.15. The predicted octanol–water partition coefficient (Wildman–Crippen LogP) is 12.3. The number of aliphatic hydroxyl groups excluding tert-OH is 1. The molecule has 7 N–H and O–H groups in total. The molecule has 3 fully saturated rings. The fourth-order valence-electron chi connectivity index (χ4n) is 15.4. The third-order valence-electron chi connectivity index (χ3n) is 22.6. The number of nitrogen functional groups attached to an aromatic ring is 1. The minimum atomic E-state index is -0.842. The molecular weight excluding hydrogens is 1580 g/mol. The number of pyridine rings is 1. The fourth-order valence-corrected chi connectivity index (χ4v) is 17.3. The maximum Gasteiger partial charge on any atom is 0.292 e. The summed E-state index contributed by atoms with van der Waals surface area (Å²) >= 11 is 5.51. The summed E-state index contributed by atoms with van der Waals surface area (Å²) in [6, 6.07) is 15.6. The molecular formula is C93H143N7O19S2. The molecule has 0 spiro atoms. The first-order valence-corrected chi connectivity index (χ1v) is 45.9. The van der Waals surface area contributed by atoms with Crippen LogP contribution >= 0.6 is 22.7 Å². The lowest BCUT2D eigenvalue weighted by molar-refractivity contribution is -0.157. The van der Waals surface area contributed by atoms with E-state index in [0.29, 0.717) is 193 Å². The zero-order valence-corrected chi connectivity index (χ0v) is 75.3. The second kappa shape index (κ2) is 58.5. The molecule has 1 saturated carbocycles. The predicted molar refractivity (Wildman–Crippen MR) is 479 cm³/mol. The summed E-state index contributed by atoms with van der Waals surface area (Å²) in [5, 5.41) is 19.8. The van der Waals surface area contributed by atoms with Gasteiger partial charge in [-0.1, -0.05) is 68.7 Å². The standard InChI is InChI=1S/C93H143N7O19S2/c1-10-121(79-29-30-80(70(5)60-79)91(105)100-39-42-117-84-32-25-74(62-76(84)66-100)75-26-33-88(95)98-65-75)57-36-96-89(103)34-40-109-43-45-111-47-49-113-51-53-115-55-56-116-54-52-114-50-48-112-46-44-110-41-35-97-93(120)119-77-27-23-73(24-28-77)61-81(94)85(107-8)31-22-68(3)59-72(7)83(102)64-82(101)71(6)58-67(2)18-13-11-14-19-69(4)87(108-9)63-78-20-17-21-86(118-78)90(104)92(106)99-37-15-12-16-38-99/h10-11,13-14,18-19,25-26,29-30,32-33,59-60,62,65,67-68,71,73,77-78,81,83,85-87,102H,12,15-17,20-24,27-28,31,34-58,61,63-64,66,94H2,1-9H3,(H2,95,98)(H,96,103)(H,97,120)/b14-11+,18-13+,69-19+,72-59+/t67-,68?,71-,73?,77?,78?,81-,83+,85?,86?,87+,121?/m1/s1. The van der Waals surface area contributed by atoms with E-state index in [2.05, 4.69) is 59.1 Å². The Kier molecular flexibility index (Phi) is 49.0. The molecule has 0 bridgehead atoms. The third kappa shape index (κ3) is 38.8. The lowest BCUT2D eigenvalue weighted by Crippen LogP contribution is -2.46. The van der Waals surface area contributed by atoms with Crippen molar-refractivity contribution in [3.05, 3.63) is 119 Å². The number of likely N-dealkylation sites (tertiary alicyclic amines) is 1. The number of thiocarbonyl (C=S) groups is 1. The number of aromatic nitrogens is 1. The van der Waals surface area contributed by atoms with Crippen LogP contribution in [0.5, 0.6) is 5.75 Å². The summed E-state index contributed by atoms with van der Waals surface area (Å²) < 4.78 is 75.1. The molecule has 28 heteroatoms. The first-order chi connectivity index (χ1) is 58.6. The molecule has 4 aliphatic rings. The van der Waals surface area contributed by atoms with Crippen LogP contribution in [0.4, 0.5) is 5.82 Å². The van der Waals surface area contributed by atoms with E-state index in [1.807, 2.05) is 94.2 Å². The highest BCUT2D eigenvalue weighted by Crippen LogP contribution is 2.35. The van der Waals surface area contributed by atoms with Gasteiger partial charge in [-0.2, -0.15) is 10.5 Å². The van der Waals surface area contributed by atoms with Crippen molar-refractivity contribution in [2.24, 2.45) is 29.4 Å². The van der Waals surface area contributed by atoms with Crippen LogP contribution in [0.25, 0.3) is 11.1 Å². The van der Waals surface area contributed by atoms with E-state index < -0.39 is 23.9 Å². The number of nitrogens with two attached hydrogens (primary N) is 2. The molecule has 1 aliphatic carbocycles. The number of piperidine rings is 1. The number of carbonyl (C=O) groups is 5. The molecule has 3 aromatic rings. The van der Waals surface area contributed by atoms with Gasteiger partial charge < -0.3 is 98.6 Å². The second-order valence-electron chi connectivity index (χ2n) is 32.2. The fraction of sp³-hybridized carbons (Fsp3) is 0.656. The van der Waals surface area contributed by atoms with E-state index in [9.17, 15) is 29.1 Å². The van der Waals surface area contributed by atoms with E-state index in [1.54, 1.807) is 31.4 Å². The highest BCUT2D eigenvalue weighted by Gasteiger charge is 2.36. The Morgan fingerprint density at radius 1 is 0.686 bits per heavy atom. The number of benzene rings is 2. The number of hydrogen-bond acceptors (Lipinski definition) is 23. The summed E-state index contributed by atoms with van der Waals surface area (Å²) in [5.74, 6) is 1.68. The van der Waals surface area contributed by atoms with Gasteiger partial charge in [0.2, 0.25) is 11.7 Å². The highest BCUT2D eigenvalue weighted by atomic mass is 32.2. The van der Waals surface area contributed by atoms with Crippen molar-refractivity contribution >= 4 is 68.3 Å². The SMILES string of the molecule is C/C=S(\CCNC(=O)CCOCCOCCOCCOCCOCCOCCOCCOCCNC(=S)OC1CCC(C[C@@H](N)C(CCC(C)/C=C(\C)[C@@H](O)CC(=O)[C@H](C)C[C@H](C)/C=C/C=C/C=C(\C)[C@H](CC2CCCC(C(=O)C(=O)N3CCCCC3)O2)OC)OC)CC1)c1ccc(C(=O)N2CCOc3ccc(-c4ccc(N)nc4)cc3C2)c(C)c1. The Morgan fingerprint density at radius 3 is 1.95 bits per heavy atom. The number of Topliss-reactive ketones (excluding diaryl/α,β-unsaturated/α-hetero) is 2. The van der Waals surface area contributed by atoms with Crippen molar-refractivity contribution in [3.8, 4) is 16.9 Å². The number of rotatable bonds is 57. The molecule has 676 valence electrons. The summed E-state index contributed by atoms with van der Waals surface area (Å²) in [6.07, 6.45) is 25.1. The van der Waals surface area contributed by atoms with E-state index >= 15 is 0 Å². The molecule has 2 saturated heterocycles. The first-order valence-electron chi connectivity index (χ1n) is 44.0. The van der Waals surface area contributed by atoms with Crippen molar-refractivity contribution in [1.29, 1.82) is 0 Å². The first kappa shape index (κ1) is 101. The number of hydrogen-bond donors (Lipinski definition) is 5. The van der Waals surface area contributed by atoms with Gasteiger partial charge >= 0.3 is 0 Å². The van der Waals surface area contributed by atoms with Gasteiger partial charge in [0.25, 0.3) is 17.0 Å². The lowest BCUT2D eigenvalue weighted by atomic mass is 9.82. The second-order valence-corrected chi connectivity index (χ2v) is 34.7. The van der Waals surface area contributed by atoms with Crippen LogP contribution in [-0.4, -0.2) is 267 Å². The largest absolute Gasteiger partial charge is 0.491 e. The summed E-state index contributed by atoms with van der Waals surface area (Å²) in [6.45, 7) is 24.6. The summed E-state index contributed by atoms with van der Waals surface area (Å²) in [7, 11) is 3.18. The van der Waals surface area contributed by atoms with Gasteiger partial charge in [0, 0.05) is 112 Å². The van der Waals surface area contributed by atoms with Crippen LogP contribution in [0.15, 0.2) is 107 Å². The molecule has 2 aromatic carbocycles. The number of allylic oxidation sites excluding steroid dienone is 6. The number of fused-ring (bicyclic) bond motifs is 1. The number of nitrogens with one attached hydrogen (secondary N) is 2. The Labute approximate surface area is 728 Å². The van der Waals surface area contributed by atoms with Crippen molar-refractivity contribution in [1.82, 2.24) is 25.4 Å². The molecule has 1 aromatic heterocycles. The van der Waals surface area contributed by atoms with Crippen molar-refractivity contribution in [2.75, 3.05) is 171 Å². The van der Waals surface area contributed by atoms with Gasteiger partial charge in [-0.15, -0.1) is 0 Å². The summed E-state index contributed by atoms with van der Waals surface area (Å²) in [5.41, 5.74) is 18.9. The van der Waals surface area contributed by atoms with Crippen LogP contribution in [0, 0.1) is 30.6 Å². The molecule has 5 unspecified atom stereocenters. The Morgan fingerprint density at radius 2 is 1.33 bits per heavy atom. The molecule has 3 aliphatic heterocycles. The smallest absolute Gasteiger partial charge is 0.292 e. The van der Waals surface area contributed by atoms with E-state index in [0.717, 1.165) is 127 Å². The van der Waals surface area contributed by atoms with Gasteiger partial charge in [-0.25, -0.2) is 4.98 Å². The van der Waals surface area contributed by atoms with E-state index in [-0.39, 0.29) is 89.1 Å². The number of aliphatic hydroxyl groups is 1. The van der Waals surface area contributed by atoms with Crippen LogP contribution in [0.3, 0.4) is 0 Å². The zero-order valence-electron chi connectivity index (χ0n) is 73.7. The van der Waals surface area contributed by atoms with E-state index in [1.165, 1.54) is 0 Å². The number of aryl methyl sites for hydroxylation is 1. The number of carbonyl (C=O) groups excluding carboxylic acids is 5. The van der Waals surface area contributed by atoms with Gasteiger partial charge in [0.05, 0.1) is 137 Å². The van der Waals surface area contributed by atoms with Gasteiger partial charge in [0.1, 0.15) is 36.2 Å². The van der Waals surface area contributed by atoms with Crippen molar-refractivity contribution in [2.45, 2.75) is 212 Å². The monoisotopic (exact) mass is 1730 g/mol. The molecule has 7 rings (SSSR count). The lowest BCUT2D eigenvalue weighted by Gasteiger charge is -2.33. The van der Waals surface area contributed by atoms with Gasteiger partial charge in [0.15, 0.2) is 0 Å². The quantitative estimate of drug-likeness (QED) is 0.0115. The number of amides is 3. The Balaban J connectivity index is 0.592. The molecule has 3 amide bonds. The maximum atomic E-state index is 13.9. The average molecular weight is 1730 g/mol. The Hall–Kier alpha value is -6.71. The zero-order chi connectivity index (χ0) is 86.9. The van der Waals surface area contributed by atoms with Crippen LogP contribution < -0.4 is 26.8 Å². The molecule has 121 heavy (non-hydrogen) atoms. The van der Waals surface area contributed by atoms with Gasteiger partial charge in [-0.05, 0) is 212 Å². The minimum Gasteiger partial charge on any atom is -0.491 e. The Bertz CT molecular complexity index is 3720. The number of anilines is 1. The normalized spacial score (nSPS) is 19.5. The van der Waals surface area contributed by atoms with Crippen LogP contribution in [0.2, 0.25) is 0 Å². The van der Waals surface area contributed by atoms with Crippen LogP contribution in [0.1, 0.15) is 172 Å². The average Bonchev–Trinajstić information content (AvgIpc) is 1.31. The number of nitrogens with zero attached hydrogens (tertiary/aromatic N) is 3. The topological polar surface area (TPSA) is 321 Å². The molecule has 0 radical (unpaired) electrons. The van der Waals surface area contributed by atoms with Crippen molar-refractivity contribution in [3.63, 3.8) is 0 Å². The summed E-state index contributed by atoms with van der Waals surface area (Å²) in [4.78, 5) is 74.7. The molecule has 4 heterocycles. The number of ketones is 2. The van der Waals surface area contributed by atoms with E-state index in [4.69, 9.17) is 85.3 Å². The number of methoxy groups -OCH3 is 2. The molecule has 26 nitrogen and oxygen atoms in total. The minimum absolute atomic E-state index is 0.0410. The van der Waals surface area contributed by atoms with Crippen molar-refractivity contribution < 1.29 is 90.7 Å². The third-order valence-corrected chi connectivity index (χ3v) is 24.9. The number of ether oxygens (including phenoxy) is 13.